The van der Waals surface area contributed by atoms with Gasteiger partial charge in [-0.15, -0.1) is 0 Å². The van der Waals surface area contributed by atoms with Gasteiger partial charge in [0.2, 0.25) is 0 Å². The van der Waals surface area contributed by atoms with Crippen molar-refractivity contribution in [2.75, 3.05) is 32.9 Å². The van der Waals surface area contributed by atoms with Gasteiger partial charge < -0.3 is 14.8 Å². The third-order valence-electron chi connectivity index (χ3n) is 2.45. The van der Waals surface area contributed by atoms with Crippen molar-refractivity contribution in [2.45, 2.75) is 38.7 Å². The SMILES string of the molecule is CCCCCCNCCOC1COC1. The second-order valence-electron chi connectivity index (χ2n) is 3.84. The molecule has 1 aliphatic heterocycles. The molecule has 0 aromatic carbocycles. The smallest absolute Gasteiger partial charge is 0.104 e. The van der Waals surface area contributed by atoms with Gasteiger partial charge >= 0.3 is 0 Å². The van der Waals surface area contributed by atoms with Crippen LogP contribution in [0.15, 0.2) is 0 Å². The highest BCUT2D eigenvalue weighted by atomic mass is 16.6. The van der Waals surface area contributed by atoms with E-state index in [1.165, 1.54) is 25.7 Å². The van der Waals surface area contributed by atoms with E-state index in [9.17, 15) is 0 Å². The molecule has 1 rings (SSSR count). The minimum atomic E-state index is 0.372. The van der Waals surface area contributed by atoms with E-state index in [0.29, 0.717) is 6.10 Å². The zero-order chi connectivity index (χ0) is 10.1. The van der Waals surface area contributed by atoms with Crippen molar-refractivity contribution >= 4 is 0 Å². The summed E-state index contributed by atoms with van der Waals surface area (Å²) >= 11 is 0. The van der Waals surface area contributed by atoms with Gasteiger partial charge in [-0.2, -0.15) is 0 Å². The first kappa shape index (κ1) is 12.0. The van der Waals surface area contributed by atoms with Crippen molar-refractivity contribution in [2.24, 2.45) is 0 Å². The predicted molar refractivity (Wildman–Crippen MR) is 57.6 cm³/mol. The number of ether oxygens (including phenoxy) is 2. The molecule has 3 heteroatoms. The molecular weight excluding hydrogens is 178 g/mol. The van der Waals surface area contributed by atoms with Crippen LogP contribution in [0, 0.1) is 0 Å². The Morgan fingerprint density at radius 2 is 2.07 bits per heavy atom. The molecular formula is C11H23NO2. The second-order valence-corrected chi connectivity index (χ2v) is 3.84. The van der Waals surface area contributed by atoms with E-state index in [2.05, 4.69) is 12.2 Å². The Morgan fingerprint density at radius 1 is 1.21 bits per heavy atom. The van der Waals surface area contributed by atoms with E-state index in [4.69, 9.17) is 9.47 Å². The fourth-order valence-electron chi connectivity index (χ4n) is 1.41. The Balaban J connectivity index is 1.67. The molecule has 3 nitrogen and oxygen atoms in total. The largest absolute Gasteiger partial charge is 0.376 e. The van der Waals surface area contributed by atoms with Gasteiger partial charge in [-0.05, 0) is 13.0 Å². The van der Waals surface area contributed by atoms with E-state index in [1.54, 1.807) is 0 Å². The molecule has 0 bridgehead atoms. The molecule has 0 aliphatic carbocycles. The highest BCUT2D eigenvalue weighted by Gasteiger charge is 2.17. The first-order valence-corrected chi connectivity index (χ1v) is 5.83. The van der Waals surface area contributed by atoms with Crippen LogP contribution in [0.4, 0.5) is 0 Å². The zero-order valence-corrected chi connectivity index (χ0v) is 9.26. The quantitative estimate of drug-likeness (QED) is 0.574. The fourth-order valence-corrected chi connectivity index (χ4v) is 1.41. The first-order chi connectivity index (χ1) is 6.93. The summed E-state index contributed by atoms with van der Waals surface area (Å²) in [6.45, 7) is 6.74. The van der Waals surface area contributed by atoms with Gasteiger partial charge in [0, 0.05) is 6.54 Å². The lowest BCUT2D eigenvalue weighted by Crippen LogP contribution is -2.37. The Hall–Kier alpha value is -0.120. The zero-order valence-electron chi connectivity index (χ0n) is 9.26. The summed E-state index contributed by atoms with van der Waals surface area (Å²) in [5, 5.41) is 3.38. The monoisotopic (exact) mass is 201 g/mol. The summed E-state index contributed by atoms with van der Waals surface area (Å²) in [7, 11) is 0. The molecule has 1 fully saturated rings. The maximum absolute atomic E-state index is 5.52. The third-order valence-corrected chi connectivity index (χ3v) is 2.45. The number of hydrogen-bond acceptors (Lipinski definition) is 3. The molecule has 84 valence electrons. The molecule has 1 saturated heterocycles. The Labute approximate surface area is 87.2 Å². The standard InChI is InChI=1S/C11H23NO2/c1-2-3-4-5-6-12-7-8-14-11-9-13-10-11/h11-12H,2-10H2,1H3. The van der Waals surface area contributed by atoms with Crippen LogP contribution in [0.1, 0.15) is 32.6 Å². The van der Waals surface area contributed by atoms with Gasteiger partial charge in [-0.1, -0.05) is 26.2 Å². The number of rotatable bonds is 9. The Bertz CT molecular complexity index is 126. The maximum atomic E-state index is 5.52. The lowest BCUT2D eigenvalue weighted by Gasteiger charge is -2.25. The van der Waals surface area contributed by atoms with Gasteiger partial charge in [0.1, 0.15) is 6.10 Å². The van der Waals surface area contributed by atoms with Crippen LogP contribution in [0.25, 0.3) is 0 Å². The molecule has 0 aromatic rings. The van der Waals surface area contributed by atoms with Crippen LogP contribution in [0.3, 0.4) is 0 Å². The first-order valence-electron chi connectivity index (χ1n) is 5.83. The molecule has 14 heavy (non-hydrogen) atoms. The summed E-state index contributed by atoms with van der Waals surface area (Å²) in [5.74, 6) is 0. The van der Waals surface area contributed by atoms with Gasteiger partial charge in [-0.3, -0.25) is 0 Å². The molecule has 1 heterocycles. The van der Waals surface area contributed by atoms with Crippen molar-refractivity contribution < 1.29 is 9.47 Å². The predicted octanol–water partition coefficient (Wildman–Crippen LogP) is 1.57. The van der Waals surface area contributed by atoms with E-state index >= 15 is 0 Å². The molecule has 0 spiro atoms. The van der Waals surface area contributed by atoms with Crippen molar-refractivity contribution in [3.8, 4) is 0 Å². The lowest BCUT2D eigenvalue weighted by molar-refractivity contribution is -0.128. The minimum absolute atomic E-state index is 0.372. The Kier molecular flexibility index (Phi) is 7.01. The van der Waals surface area contributed by atoms with E-state index in [0.717, 1.165) is 32.9 Å². The molecule has 0 aromatic heterocycles. The molecule has 0 amide bonds. The maximum Gasteiger partial charge on any atom is 0.104 e. The van der Waals surface area contributed by atoms with E-state index < -0.39 is 0 Å². The third kappa shape index (κ3) is 5.58. The van der Waals surface area contributed by atoms with Crippen molar-refractivity contribution in [3.63, 3.8) is 0 Å². The summed E-state index contributed by atoms with van der Waals surface area (Å²) in [4.78, 5) is 0. The van der Waals surface area contributed by atoms with Crippen LogP contribution in [0.5, 0.6) is 0 Å². The average molecular weight is 201 g/mol. The van der Waals surface area contributed by atoms with Gasteiger partial charge in [0.15, 0.2) is 0 Å². The Morgan fingerprint density at radius 3 is 2.71 bits per heavy atom. The number of unbranched alkanes of at least 4 members (excludes halogenated alkanes) is 3. The van der Waals surface area contributed by atoms with Crippen molar-refractivity contribution in [1.29, 1.82) is 0 Å². The second kappa shape index (κ2) is 8.21. The summed E-state index contributed by atoms with van der Waals surface area (Å²) in [5.41, 5.74) is 0. The molecule has 1 N–H and O–H groups in total. The van der Waals surface area contributed by atoms with Gasteiger partial charge in [-0.25, -0.2) is 0 Å². The summed E-state index contributed by atoms with van der Waals surface area (Å²) < 4.78 is 10.5. The normalized spacial score (nSPS) is 16.9. The van der Waals surface area contributed by atoms with Crippen LogP contribution in [-0.2, 0) is 9.47 Å². The van der Waals surface area contributed by atoms with Crippen LogP contribution in [-0.4, -0.2) is 39.0 Å². The minimum Gasteiger partial charge on any atom is -0.376 e. The number of hydrogen-bond donors (Lipinski definition) is 1. The van der Waals surface area contributed by atoms with E-state index in [1.807, 2.05) is 0 Å². The van der Waals surface area contributed by atoms with Crippen molar-refractivity contribution in [1.82, 2.24) is 5.32 Å². The topological polar surface area (TPSA) is 30.5 Å². The molecule has 0 unspecified atom stereocenters. The highest BCUT2D eigenvalue weighted by Crippen LogP contribution is 2.03. The average Bonchev–Trinajstić information content (AvgIpc) is 2.13. The van der Waals surface area contributed by atoms with Crippen LogP contribution in [0.2, 0.25) is 0 Å². The summed E-state index contributed by atoms with van der Waals surface area (Å²) in [6.07, 6.45) is 5.68. The highest BCUT2D eigenvalue weighted by molar-refractivity contribution is 4.64. The van der Waals surface area contributed by atoms with Crippen LogP contribution < -0.4 is 5.32 Å². The van der Waals surface area contributed by atoms with E-state index in [-0.39, 0.29) is 0 Å². The lowest BCUT2D eigenvalue weighted by atomic mass is 10.2. The van der Waals surface area contributed by atoms with Gasteiger partial charge in [0.25, 0.3) is 0 Å². The molecule has 1 aliphatic rings. The van der Waals surface area contributed by atoms with Gasteiger partial charge in [0.05, 0.1) is 19.8 Å². The summed E-state index contributed by atoms with van der Waals surface area (Å²) in [6, 6.07) is 0. The number of nitrogens with one attached hydrogen (secondary N) is 1. The fraction of sp³-hybridized carbons (Fsp3) is 1.00. The molecule has 0 saturated carbocycles. The van der Waals surface area contributed by atoms with Crippen LogP contribution >= 0.6 is 0 Å². The molecule has 0 atom stereocenters. The molecule has 0 radical (unpaired) electrons. The van der Waals surface area contributed by atoms with Crippen molar-refractivity contribution in [3.05, 3.63) is 0 Å².